The Balaban J connectivity index is 1.90. The van der Waals surface area contributed by atoms with Gasteiger partial charge in [-0.05, 0) is 32.1 Å². The zero-order valence-corrected chi connectivity index (χ0v) is 12.7. The third-order valence-electron chi connectivity index (χ3n) is 4.73. The van der Waals surface area contributed by atoms with Crippen molar-refractivity contribution in [1.29, 1.82) is 0 Å². The molecule has 1 heterocycles. The van der Waals surface area contributed by atoms with Crippen LogP contribution in [0.4, 0.5) is 4.79 Å². The van der Waals surface area contributed by atoms with Crippen LogP contribution in [0.2, 0.25) is 0 Å². The van der Waals surface area contributed by atoms with E-state index in [2.05, 4.69) is 19.2 Å². The number of carbonyl (C=O) groups excluding carboxylic acids is 1. The molecule has 0 spiro atoms. The molecule has 0 aromatic carbocycles. The molecule has 0 bridgehead atoms. The predicted molar refractivity (Wildman–Crippen MR) is 76.1 cm³/mol. The van der Waals surface area contributed by atoms with Gasteiger partial charge < -0.3 is 15.0 Å². The highest BCUT2D eigenvalue weighted by Gasteiger charge is 2.33. The van der Waals surface area contributed by atoms with E-state index in [1.165, 1.54) is 12.8 Å². The fraction of sp³-hybridized carbons (Fsp3) is 0.933. The van der Waals surface area contributed by atoms with E-state index in [1.54, 1.807) is 0 Å². The summed E-state index contributed by atoms with van der Waals surface area (Å²) in [5.74, 6) is 1.28. The molecule has 2 aliphatic rings. The molecule has 19 heavy (non-hydrogen) atoms. The third kappa shape index (κ3) is 3.62. The van der Waals surface area contributed by atoms with E-state index in [0.29, 0.717) is 37.6 Å². The molecule has 2 rings (SSSR count). The van der Waals surface area contributed by atoms with Gasteiger partial charge in [0.05, 0.1) is 18.8 Å². The number of ether oxygens (including phenoxy) is 1. The smallest absolute Gasteiger partial charge is 0.317 e. The highest BCUT2D eigenvalue weighted by atomic mass is 16.5. The Morgan fingerprint density at radius 2 is 2.05 bits per heavy atom. The first kappa shape index (κ1) is 14.6. The Hall–Kier alpha value is -0.770. The van der Waals surface area contributed by atoms with Crippen molar-refractivity contribution in [3.63, 3.8) is 0 Å². The molecular formula is C15H28N2O2. The van der Waals surface area contributed by atoms with E-state index in [9.17, 15) is 4.79 Å². The summed E-state index contributed by atoms with van der Waals surface area (Å²) in [4.78, 5) is 14.3. The number of amides is 2. The van der Waals surface area contributed by atoms with Crippen LogP contribution in [0.1, 0.15) is 47.0 Å². The molecule has 3 atom stereocenters. The minimum Gasteiger partial charge on any atom is -0.372 e. The van der Waals surface area contributed by atoms with E-state index < -0.39 is 0 Å². The molecular weight excluding hydrogens is 240 g/mol. The first-order valence-corrected chi connectivity index (χ1v) is 7.58. The van der Waals surface area contributed by atoms with Gasteiger partial charge >= 0.3 is 6.03 Å². The maximum atomic E-state index is 12.4. The van der Waals surface area contributed by atoms with Gasteiger partial charge in [-0.3, -0.25) is 0 Å². The molecule has 1 saturated carbocycles. The monoisotopic (exact) mass is 268 g/mol. The Morgan fingerprint density at radius 1 is 1.32 bits per heavy atom. The van der Waals surface area contributed by atoms with Crippen LogP contribution in [0, 0.1) is 11.8 Å². The van der Waals surface area contributed by atoms with Crippen molar-refractivity contribution < 1.29 is 9.53 Å². The number of rotatable bonds is 1. The minimum absolute atomic E-state index is 0.0855. The van der Waals surface area contributed by atoms with Gasteiger partial charge in [0, 0.05) is 12.6 Å². The lowest BCUT2D eigenvalue weighted by Crippen LogP contribution is -2.56. The highest BCUT2D eigenvalue weighted by molar-refractivity contribution is 5.74. The van der Waals surface area contributed by atoms with Gasteiger partial charge in [-0.15, -0.1) is 0 Å². The van der Waals surface area contributed by atoms with Crippen molar-refractivity contribution in [3.8, 4) is 0 Å². The predicted octanol–water partition coefficient (Wildman–Crippen LogP) is 2.63. The van der Waals surface area contributed by atoms with Crippen LogP contribution in [0.5, 0.6) is 0 Å². The summed E-state index contributed by atoms with van der Waals surface area (Å²) in [6.07, 6.45) is 3.63. The van der Waals surface area contributed by atoms with Gasteiger partial charge in [0.2, 0.25) is 0 Å². The molecule has 3 unspecified atom stereocenters. The molecule has 2 fully saturated rings. The average Bonchev–Trinajstić information content (AvgIpc) is 2.33. The van der Waals surface area contributed by atoms with E-state index >= 15 is 0 Å². The second-order valence-corrected chi connectivity index (χ2v) is 6.85. The van der Waals surface area contributed by atoms with Crippen LogP contribution >= 0.6 is 0 Å². The van der Waals surface area contributed by atoms with Crippen LogP contribution in [0.25, 0.3) is 0 Å². The number of morpholine rings is 1. The molecule has 0 radical (unpaired) electrons. The lowest BCUT2D eigenvalue weighted by molar-refractivity contribution is -0.0738. The lowest BCUT2D eigenvalue weighted by atomic mass is 9.78. The molecule has 1 N–H and O–H groups in total. The summed E-state index contributed by atoms with van der Waals surface area (Å²) >= 11 is 0. The molecule has 0 aromatic rings. The maximum absolute atomic E-state index is 12.4. The van der Waals surface area contributed by atoms with Crippen molar-refractivity contribution >= 4 is 6.03 Å². The minimum atomic E-state index is -0.221. The number of hydrogen-bond acceptors (Lipinski definition) is 2. The summed E-state index contributed by atoms with van der Waals surface area (Å²) in [5, 5.41) is 3.24. The fourth-order valence-corrected chi connectivity index (χ4v) is 3.23. The second kappa shape index (κ2) is 5.70. The van der Waals surface area contributed by atoms with Gasteiger partial charge in [0.15, 0.2) is 0 Å². The average molecular weight is 268 g/mol. The molecule has 0 aromatic heterocycles. The number of urea groups is 1. The van der Waals surface area contributed by atoms with Crippen molar-refractivity contribution in [2.45, 2.75) is 58.6 Å². The SMILES string of the molecule is CC1CCCC(NC(=O)N2CCOC(C)(C)C2)C1C. The number of hydrogen-bond donors (Lipinski definition) is 1. The largest absolute Gasteiger partial charge is 0.372 e. The quantitative estimate of drug-likeness (QED) is 0.794. The van der Waals surface area contributed by atoms with E-state index in [-0.39, 0.29) is 11.6 Å². The van der Waals surface area contributed by atoms with Crippen molar-refractivity contribution in [2.75, 3.05) is 19.7 Å². The van der Waals surface area contributed by atoms with Gasteiger partial charge in [-0.25, -0.2) is 4.79 Å². The van der Waals surface area contributed by atoms with Crippen molar-refractivity contribution in [2.24, 2.45) is 11.8 Å². The van der Waals surface area contributed by atoms with Gasteiger partial charge in [-0.1, -0.05) is 26.7 Å². The van der Waals surface area contributed by atoms with E-state index in [4.69, 9.17) is 4.74 Å². The van der Waals surface area contributed by atoms with Gasteiger partial charge in [-0.2, -0.15) is 0 Å². The van der Waals surface area contributed by atoms with Crippen LogP contribution in [-0.4, -0.2) is 42.3 Å². The number of nitrogens with zero attached hydrogens (tertiary/aromatic N) is 1. The first-order valence-electron chi connectivity index (χ1n) is 7.58. The molecule has 1 aliphatic heterocycles. The summed E-state index contributed by atoms with van der Waals surface area (Å²) in [6.45, 7) is 10.6. The Kier molecular flexibility index (Phi) is 4.39. The summed E-state index contributed by atoms with van der Waals surface area (Å²) < 4.78 is 5.65. The topological polar surface area (TPSA) is 41.6 Å². The maximum Gasteiger partial charge on any atom is 0.317 e. The molecule has 4 heteroatoms. The van der Waals surface area contributed by atoms with Gasteiger partial charge in [0.1, 0.15) is 0 Å². The van der Waals surface area contributed by atoms with Crippen LogP contribution in [0.3, 0.4) is 0 Å². The standard InChI is InChI=1S/C15H28N2O2/c1-11-6-5-7-13(12(11)2)16-14(18)17-8-9-19-15(3,4)10-17/h11-13H,5-10H2,1-4H3,(H,16,18). The molecule has 1 saturated heterocycles. The van der Waals surface area contributed by atoms with E-state index in [0.717, 1.165) is 6.42 Å². The number of carbonyl (C=O) groups is 1. The molecule has 2 amide bonds. The Bertz CT molecular complexity index is 330. The zero-order chi connectivity index (χ0) is 14.0. The first-order chi connectivity index (χ1) is 8.89. The van der Waals surface area contributed by atoms with E-state index in [1.807, 2.05) is 18.7 Å². The second-order valence-electron chi connectivity index (χ2n) is 6.85. The molecule has 1 aliphatic carbocycles. The summed E-state index contributed by atoms with van der Waals surface area (Å²) in [7, 11) is 0. The van der Waals surface area contributed by atoms with Crippen LogP contribution < -0.4 is 5.32 Å². The van der Waals surface area contributed by atoms with Crippen LogP contribution in [-0.2, 0) is 4.74 Å². The third-order valence-corrected chi connectivity index (χ3v) is 4.73. The Labute approximate surface area is 116 Å². The zero-order valence-electron chi connectivity index (χ0n) is 12.7. The molecule has 4 nitrogen and oxygen atoms in total. The van der Waals surface area contributed by atoms with Crippen molar-refractivity contribution in [1.82, 2.24) is 10.2 Å². The van der Waals surface area contributed by atoms with Crippen molar-refractivity contribution in [3.05, 3.63) is 0 Å². The summed E-state index contributed by atoms with van der Waals surface area (Å²) in [5.41, 5.74) is -0.221. The lowest BCUT2D eigenvalue weighted by Gasteiger charge is -2.40. The van der Waals surface area contributed by atoms with Gasteiger partial charge in [0.25, 0.3) is 0 Å². The highest BCUT2D eigenvalue weighted by Crippen LogP contribution is 2.29. The fourth-order valence-electron chi connectivity index (χ4n) is 3.23. The normalized spacial score (nSPS) is 34.9. The summed E-state index contributed by atoms with van der Waals surface area (Å²) in [6, 6.07) is 0.421. The molecule has 110 valence electrons. The Morgan fingerprint density at radius 3 is 2.74 bits per heavy atom. The van der Waals surface area contributed by atoms with Crippen LogP contribution in [0.15, 0.2) is 0 Å². The number of nitrogens with one attached hydrogen (secondary N) is 1.